The van der Waals surface area contributed by atoms with Crippen LogP contribution >= 0.6 is 0 Å². The van der Waals surface area contributed by atoms with Crippen molar-refractivity contribution in [2.24, 2.45) is 18.0 Å². The molecule has 1 aromatic heterocycles. The van der Waals surface area contributed by atoms with E-state index in [4.69, 9.17) is 4.99 Å². The van der Waals surface area contributed by atoms with Gasteiger partial charge < -0.3 is 15.2 Å². The Morgan fingerprint density at radius 1 is 1.12 bits per heavy atom. The van der Waals surface area contributed by atoms with E-state index in [0.717, 1.165) is 37.1 Å². The van der Waals surface area contributed by atoms with E-state index >= 15 is 0 Å². The molecule has 1 rings (SSSR count). The Morgan fingerprint density at radius 2 is 1.88 bits per heavy atom. The minimum Gasteiger partial charge on any atom is -0.356 e. The van der Waals surface area contributed by atoms with Crippen molar-refractivity contribution in [3.63, 3.8) is 0 Å². The lowest BCUT2D eigenvalue weighted by molar-refractivity contribution is 0.443. The van der Waals surface area contributed by atoms with Gasteiger partial charge in [0, 0.05) is 20.1 Å². The Hall–Kier alpha value is -1.59. The van der Waals surface area contributed by atoms with Crippen LogP contribution in [0.3, 0.4) is 0 Å². The molecule has 1 heterocycles. The van der Waals surface area contributed by atoms with Crippen molar-refractivity contribution in [1.29, 1.82) is 0 Å². The van der Waals surface area contributed by atoms with Gasteiger partial charge in [0.2, 0.25) is 0 Å². The van der Waals surface area contributed by atoms with Crippen molar-refractivity contribution in [3.8, 4) is 0 Å². The first-order valence-electron chi connectivity index (χ1n) is 9.49. The van der Waals surface area contributed by atoms with Gasteiger partial charge in [0.05, 0.1) is 0 Å². The minimum absolute atomic E-state index is 0.546. The van der Waals surface area contributed by atoms with Gasteiger partial charge in [-0.3, -0.25) is 0 Å². The average Bonchev–Trinajstić information content (AvgIpc) is 2.91. The highest BCUT2D eigenvalue weighted by molar-refractivity contribution is 5.79. The van der Waals surface area contributed by atoms with Crippen LogP contribution in [0.2, 0.25) is 0 Å². The van der Waals surface area contributed by atoms with Crippen molar-refractivity contribution in [2.45, 2.75) is 72.8 Å². The fourth-order valence-electron chi connectivity index (χ4n) is 2.48. The highest BCUT2D eigenvalue weighted by atomic mass is 15.3. The quantitative estimate of drug-likeness (QED) is 0.370. The molecule has 2 N–H and O–H groups in total. The van der Waals surface area contributed by atoms with Gasteiger partial charge in [0.1, 0.15) is 12.4 Å². The molecule has 0 saturated heterocycles. The average molecular weight is 337 g/mol. The maximum Gasteiger partial charge on any atom is 0.191 e. The third-order valence-corrected chi connectivity index (χ3v) is 4.49. The topological polar surface area (TPSA) is 67.1 Å². The summed E-state index contributed by atoms with van der Waals surface area (Å²) in [5.41, 5.74) is 0. The molecule has 24 heavy (non-hydrogen) atoms. The number of aliphatic imine (C=N–C) groups is 1. The van der Waals surface area contributed by atoms with Crippen LogP contribution in [-0.4, -0.2) is 33.8 Å². The number of hydrogen-bond acceptors (Lipinski definition) is 3. The molecule has 1 atom stereocenters. The second-order valence-electron chi connectivity index (χ2n) is 6.47. The lowest BCUT2D eigenvalue weighted by Gasteiger charge is -2.18. The second-order valence-corrected chi connectivity index (χ2v) is 6.47. The third-order valence-electron chi connectivity index (χ3n) is 4.49. The summed E-state index contributed by atoms with van der Waals surface area (Å²) in [6, 6.07) is 0. The summed E-state index contributed by atoms with van der Waals surface area (Å²) in [6.45, 7) is 11.2. The summed E-state index contributed by atoms with van der Waals surface area (Å²) in [7, 11) is 1.98. The number of guanidine groups is 1. The molecule has 0 aliphatic heterocycles. The first-order chi connectivity index (χ1) is 11.6. The molecule has 6 heteroatoms. The number of nitrogens with one attached hydrogen (secondary N) is 2. The molecule has 0 spiro atoms. The summed E-state index contributed by atoms with van der Waals surface area (Å²) in [4.78, 5) is 4.70. The number of aromatic nitrogens is 3. The van der Waals surface area contributed by atoms with Crippen molar-refractivity contribution >= 4 is 5.96 Å². The zero-order valence-corrected chi connectivity index (χ0v) is 16.2. The van der Waals surface area contributed by atoms with Gasteiger partial charge in [0.25, 0.3) is 0 Å². The second kappa shape index (κ2) is 11.9. The number of aryl methyl sites for hydroxylation is 1. The highest BCUT2D eigenvalue weighted by Gasteiger charge is 2.08. The van der Waals surface area contributed by atoms with Crippen LogP contribution in [0.25, 0.3) is 0 Å². The summed E-state index contributed by atoms with van der Waals surface area (Å²) >= 11 is 0. The molecule has 0 saturated carbocycles. The van der Waals surface area contributed by atoms with E-state index in [2.05, 4.69) is 41.6 Å². The van der Waals surface area contributed by atoms with Crippen molar-refractivity contribution in [3.05, 3.63) is 11.6 Å². The van der Waals surface area contributed by atoms with Crippen LogP contribution in [0.4, 0.5) is 0 Å². The Morgan fingerprint density at radius 3 is 2.46 bits per heavy atom. The molecule has 1 unspecified atom stereocenters. The summed E-state index contributed by atoms with van der Waals surface area (Å²) in [5, 5.41) is 15.2. The van der Waals surface area contributed by atoms with Crippen LogP contribution in [-0.2, 0) is 13.6 Å². The zero-order valence-electron chi connectivity index (χ0n) is 16.2. The molecule has 138 valence electrons. The van der Waals surface area contributed by atoms with E-state index in [-0.39, 0.29) is 0 Å². The van der Waals surface area contributed by atoms with Crippen molar-refractivity contribution in [2.75, 3.05) is 13.1 Å². The first kappa shape index (κ1) is 20.5. The first-order valence-corrected chi connectivity index (χ1v) is 9.49. The molecular formula is C18H36N6. The maximum atomic E-state index is 4.70. The lowest BCUT2D eigenvalue weighted by Crippen LogP contribution is -2.40. The number of hydrogen-bond donors (Lipinski definition) is 2. The van der Waals surface area contributed by atoms with Gasteiger partial charge in [-0.2, -0.15) is 0 Å². The molecule has 1 aromatic rings. The number of rotatable bonds is 11. The molecule has 0 bridgehead atoms. The summed E-state index contributed by atoms with van der Waals surface area (Å²) in [6.07, 6.45) is 7.38. The van der Waals surface area contributed by atoms with Gasteiger partial charge in [-0.05, 0) is 25.7 Å². The fourth-order valence-corrected chi connectivity index (χ4v) is 2.48. The summed E-state index contributed by atoms with van der Waals surface area (Å²) < 4.78 is 1.99. The van der Waals surface area contributed by atoms with Crippen LogP contribution in [0.5, 0.6) is 0 Å². The largest absolute Gasteiger partial charge is 0.356 e. The molecule has 0 radical (unpaired) electrons. The summed E-state index contributed by atoms with van der Waals surface area (Å²) in [5.74, 6) is 3.40. The van der Waals surface area contributed by atoms with E-state index in [9.17, 15) is 0 Å². The van der Waals surface area contributed by atoms with E-state index in [1.807, 2.05) is 18.5 Å². The standard InChI is InChI=1S/C18H36N6/c1-6-9-11-16(8-3)13-20-18(19-12-10-7-2)21-14-17-23-22-15(4)24(17)5/h16H,6-14H2,1-5H3,(H2,19,20,21). The van der Waals surface area contributed by atoms with Crippen LogP contribution in [0.15, 0.2) is 4.99 Å². The van der Waals surface area contributed by atoms with Crippen LogP contribution < -0.4 is 10.6 Å². The van der Waals surface area contributed by atoms with Gasteiger partial charge in [-0.1, -0.05) is 46.5 Å². The third kappa shape index (κ3) is 7.32. The molecular weight excluding hydrogens is 300 g/mol. The molecule has 0 aliphatic carbocycles. The van der Waals surface area contributed by atoms with Gasteiger partial charge in [-0.25, -0.2) is 4.99 Å². The predicted molar refractivity (Wildman–Crippen MR) is 101 cm³/mol. The van der Waals surface area contributed by atoms with Gasteiger partial charge >= 0.3 is 0 Å². The van der Waals surface area contributed by atoms with Crippen molar-refractivity contribution < 1.29 is 0 Å². The van der Waals surface area contributed by atoms with E-state index < -0.39 is 0 Å². The lowest BCUT2D eigenvalue weighted by atomic mass is 9.99. The number of unbranched alkanes of at least 4 members (excludes halogenated alkanes) is 2. The van der Waals surface area contributed by atoms with Gasteiger partial charge in [0.15, 0.2) is 11.8 Å². The SMILES string of the molecule is CCCCNC(=NCc1nnc(C)n1C)NCC(CC)CCCC. The normalized spacial score (nSPS) is 13.1. The minimum atomic E-state index is 0.546. The monoisotopic (exact) mass is 336 g/mol. The Bertz CT molecular complexity index is 480. The molecule has 0 amide bonds. The van der Waals surface area contributed by atoms with E-state index in [1.54, 1.807) is 0 Å². The Balaban J connectivity index is 2.61. The number of nitrogens with zero attached hydrogens (tertiary/aromatic N) is 4. The zero-order chi connectivity index (χ0) is 17.8. The molecule has 6 nitrogen and oxygen atoms in total. The highest BCUT2D eigenvalue weighted by Crippen LogP contribution is 2.11. The molecule has 0 aromatic carbocycles. The Labute approximate surface area is 147 Å². The van der Waals surface area contributed by atoms with E-state index in [0.29, 0.717) is 12.5 Å². The fraction of sp³-hybridized carbons (Fsp3) is 0.833. The van der Waals surface area contributed by atoms with Gasteiger partial charge in [-0.15, -0.1) is 10.2 Å². The van der Waals surface area contributed by atoms with E-state index in [1.165, 1.54) is 32.1 Å². The van der Waals surface area contributed by atoms with Crippen molar-refractivity contribution in [1.82, 2.24) is 25.4 Å². The smallest absolute Gasteiger partial charge is 0.191 e. The Kier molecular flexibility index (Phi) is 10.1. The molecule has 0 aliphatic rings. The van der Waals surface area contributed by atoms with Crippen LogP contribution in [0.1, 0.15) is 70.9 Å². The maximum absolute atomic E-state index is 4.70. The van der Waals surface area contributed by atoms with Crippen LogP contribution in [0, 0.1) is 12.8 Å². The molecule has 0 fully saturated rings. The predicted octanol–water partition coefficient (Wildman–Crippen LogP) is 3.18.